The summed E-state index contributed by atoms with van der Waals surface area (Å²) in [5.74, 6) is 0.196. The van der Waals surface area contributed by atoms with Crippen LogP contribution in [0.3, 0.4) is 0 Å². The van der Waals surface area contributed by atoms with Gasteiger partial charge in [0.1, 0.15) is 24.0 Å². The molecule has 2 aromatic rings. The van der Waals surface area contributed by atoms with Crippen LogP contribution in [0.5, 0.6) is 5.75 Å². The largest absolute Gasteiger partial charge is 0.494 e. The van der Waals surface area contributed by atoms with Gasteiger partial charge in [-0.15, -0.1) is 0 Å². The van der Waals surface area contributed by atoms with E-state index in [1.165, 1.54) is 0 Å². The molecule has 0 saturated carbocycles. The van der Waals surface area contributed by atoms with Crippen LogP contribution < -0.4 is 10.1 Å². The fourth-order valence-corrected chi connectivity index (χ4v) is 3.30. The summed E-state index contributed by atoms with van der Waals surface area (Å²) in [5.41, 5.74) is 9.28. The second-order valence-electron chi connectivity index (χ2n) is 9.36. The highest BCUT2D eigenvalue weighted by molar-refractivity contribution is 5.81. The van der Waals surface area contributed by atoms with Crippen LogP contribution in [-0.2, 0) is 27.3 Å². The summed E-state index contributed by atoms with van der Waals surface area (Å²) in [5, 5.41) is 6.17. The summed E-state index contributed by atoms with van der Waals surface area (Å²) in [6, 6.07) is 15.9. The van der Waals surface area contributed by atoms with E-state index in [0.29, 0.717) is 13.2 Å². The van der Waals surface area contributed by atoms with Gasteiger partial charge in [-0.1, -0.05) is 60.4 Å². The zero-order valence-electron chi connectivity index (χ0n) is 21.3. The van der Waals surface area contributed by atoms with Gasteiger partial charge in [0.25, 0.3) is 0 Å². The van der Waals surface area contributed by atoms with Crippen molar-refractivity contribution in [1.82, 2.24) is 5.32 Å². The van der Waals surface area contributed by atoms with Gasteiger partial charge in [-0.05, 0) is 62.4 Å². The van der Waals surface area contributed by atoms with Gasteiger partial charge in [0.2, 0.25) is 0 Å². The van der Waals surface area contributed by atoms with Gasteiger partial charge in [-0.25, -0.2) is 9.59 Å². The van der Waals surface area contributed by atoms with Crippen LogP contribution in [0.4, 0.5) is 4.79 Å². The molecule has 2 aromatic carbocycles. The van der Waals surface area contributed by atoms with Crippen molar-refractivity contribution in [3.63, 3.8) is 0 Å². The van der Waals surface area contributed by atoms with Crippen molar-refractivity contribution in [2.24, 2.45) is 5.11 Å². The molecule has 2 rings (SSSR count). The lowest BCUT2D eigenvalue weighted by Crippen LogP contribution is -2.45. The second kappa shape index (κ2) is 15.3. The summed E-state index contributed by atoms with van der Waals surface area (Å²) in [4.78, 5) is 27.9. The first-order valence-electron chi connectivity index (χ1n) is 12.2. The third-order valence-electron chi connectivity index (χ3n) is 5.05. The Bertz CT molecular complexity index is 983. The van der Waals surface area contributed by atoms with Crippen LogP contribution in [0.1, 0.15) is 57.6 Å². The summed E-state index contributed by atoms with van der Waals surface area (Å²) >= 11 is 0. The molecule has 9 nitrogen and oxygen atoms in total. The monoisotopic (exact) mass is 496 g/mol. The molecule has 9 heteroatoms. The van der Waals surface area contributed by atoms with Crippen LogP contribution in [0.2, 0.25) is 0 Å². The minimum Gasteiger partial charge on any atom is -0.494 e. The van der Waals surface area contributed by atoms with Gasteiger partial charge < -0.3 is 19.5 Å². The molecule has 1 unspecified atom stereocenters. The number of hydrogen-bond acceptors (Lipinski definition) is 6. The number of benzene rings is 2. The summed E-state index contributed by atoms with van der Waals surface area (Å²) in [7, 11) is 0. The molecule has 194 valence electrons. The third kappa shape index (κ3) is 12.1. The lowest BCUT2D eigenvalue weighted by molar-refractivity contribution is -0.147. The quantitative estimate of drug-likeness (QED) is 0.111. The SMILES string of the molecule is CC(C)(C)OC(=O)NC(Cc1ccc(OCCCCCCN=[N+]=[N-])cc1)C(=O)OCc1ccccc1. The summed E-state index contributed by atoms with van der Waals surface area (Å²) in [6.45, 7) is 6.52. The number of esters is 1. The van der Waals surface area contributed by atoms with Crippen LogP contribution >= 0.6 is 0 Å². The first-order chi connectivity index (χ1) is 17.3. The second-order valence-corrected chi connectivity index (χ2v) is 9.36. The smallest absolute Gasteiger partial charge is 0.408 e. The zero-order valence-corrected chi connectivity index (χ0v) is 21.3. The summed E-state index contributed by atoms with van der Waals surface area (Å²) < 4.78 is 16.6. The Morgan fingerprint density at radius 1 is 0.972 bits per heavy atom. The molecular weight excluding hydrogens is 460 g/mol. The maximum Gasteiger partial charge on any atom is 0.408 e. The Morgan fingerprint density at radius 2 is 1.67 bits per heavy atom. The van der Waals surface area contributed by atoms with E-state index in [9.17, 15) is 9.59 Å². The van der Waals surface area contributed by atoms with Crippen LogP contribution in [0, 0.1) is 0 Å². The number of carbonyl (C=O) groups is 2. The molecule has 0 aromatic heterocycles. The molecule has 0 radical (unpaired) electrons. The van der Waals surface area contributed by atoms with Gasteiger partial charge in [-0.2, -0.15) is 0 Å². The van der Waals surface area contributed by atoms with E-state index in [4.69, 9.17) is 19.7 Å². The molecule has 1 N–H and O–H groups in total. The number of amides is 1. The third-order valence-corrected chi connectivity index (χ3v) is 5.05. The Labute approximate surface area is 212 Å². The first kappa shape index (κ1) is 28.5. The maximum atomic E-state index is 12.8. The van der Waals surface area contributed by atoms with Gasteiger partial charge >= 0.3 is 12.1 Å². The average Bonchev–Trinajstić information content (AvgIpc) is 2.84. The van der Waals surface area contributed by atoms with E-state index < -0.39 is 23.7 Å². The minimum atomic E-state index is -0.902. The summed E-state index contributed by atoms with van der Waals surface area (Å²) in [6.07, 6.45) is 3.36. The number of nitrogens with one attached hydrogen (secondary N) is 1. The highest BCUT2D eigenvalue weighted by Crippen LogP contribution is 2.16. The number of rotatable bonds is 14. The van der Waals surface area contributed by atoms with E-state index in [1.54, 1.807) is 20.8 Å². The van der Waals surface area contributed by atoms with E-state index in [2.05, 4.69) is 15.3 Å². The highest BCUT2D eigenvalue weighted by atomic mass is 16.6. The molecule has 0 aliphatic heterocycles. The zero-order chi connectivity index (χ0) is 26.2. The van der Waals surface area contributed by atoms with Crippen LogP contribution in [0.25, 0.3) is 10.4 Å². The van der Waals surface area contributed by atoms with E-state index >= 15 is 0 Å². The van der Waals surface area contributed by atoms with Gasteiger partial charge in [0, 0.05) is 17.9 Å². The topological polar surface area (TPSA) is 123 Å². The van der Waals surface area contributed by atoms with Crippen LogP contribution in [0.15, 0.2) is 59.7 Å². The molecule has 0 bridgehead atoms. The fraction of sp³-hybridized carbons (Fsp3) is 0.481. The maximum absolute atomic E-state index is 12.8. The van der Waals surface area contributed by atoms with Gasteiger partial charge in [0.15, 0.2) is 0 Å². The molecule has 0 aliphatic carbocycles. The van der Waals surface area contributed by atoms with Crippen molar-refractivity contribution >= 4 is 12.1 Å². The molecule has 1 amide bonds. The Morgan fingerprint density at radius 3 is 2.33 bits per heavy atom. The first-order valence-corrected chi connectivity index (χ1v) is 12.2. The Kier molecular flexibility index (Phi) is 12.1. The van der Waals surface area contributed by atoms with E-state index in [-0.39, 0.29) is 13.0 Å². The van der Waals surface area contributed by atoms with E-state index in [1.807, 2.05) is 54.6 Å². The van der Waals surface area contributed by atoms with Crippen molar-refractivity contribution in [2.75, 3.05) is 13.2 Å². The molecule has 0 spiro atoms. The average molecular weight is 497 g/mol. The van der Waals surface area contributed by atoms with Crippen molar-refractivity contribution in [1.29, 1.82) is 0 Å². The molecule has 0 heterocycles. The molecule has 1 atom stereocenters. The number of azide groups is 1. The molecule has 0 aliphatic rings. The van der Waals surface area contributed by atoms with E-state index in [0.717, 1.165) is 42.6 Å². The Balaban J connectivity index is 1.90. The molecule has 0 saturated heterocycles. The Hall–Kier alpha value is -3.71. The van der Waals surface area contributed by atoms with Crippen molar-refractivity contribution in [3.05, 3.63) is 76.2 Å². The fourth-order valence-electron chi connectivity index (χ4n) is 3.30. The van der Waals surface area contributed by atoms with Crippen molar-refractivity contribution < 1.29 is 23.8 Å². The highest BCUT2D eigenvalue weighted by Gasteiger charge is 2.26. The molecular formula is C27H36N4O5. The number of alkyl carbamates (subject to hydrolysis) is 1. The lowest BCUT2D eigenvalue weighted by Gasteiger charge is -2.23. The standard InChI is InChI=1S/C27H36N4O5/c1-27(2,3)36-26(33)30-24(25(32)35-20-22-11-7-6-8-12-22)19-21-13-15-23(16-14-21)34-18-10-5-4-9-17-29-31-28/h6-8,11-16,24H,4-5,9-10,17-20H2,1-3H3,(H,30,33). The number of hydrogen-bond donors (Lipinski definition) is 1. The lowest BCUT2D eigenvalue weighted by atomic mass is 10.1. The number of nitrogens with zero attached hydrogens (tertiary/aromatic N) is 3. The normalized spacial score (nSPS) is 11.6. The van der Waals surface area contributed by atoms with Gasteiger partial charge in [0.05, 0.1) is 6.61 Å². The van der Waals surface area contributed by atoms with Crippen molar-refractivity contribution in [3.8, 4) is 5.75 Å². The predicted octanol–water partition coefficient (Wildman–Crippen LogP) is 6.12. The number of unbranched alkanes of at least 4 members (excludes halogenated alkanes) is 3. The number of ether oxygens (including phenoxy) is 3. The molecule has 0 fully saturated rings. The minimum absolute atomic E-state index is 0.116. The van der Waals surface area contributed by atoms with Crippen molar-refractivity contribution in [2.45, 2.75) is 71.1 Å². The number of carbonyl (C=O) groups excluding carboxylic acids is 2. The predicted molar refractivity (Wildman–Crippen MR) is 138 cm³/mol. The van der Waals surface area contributed by atoms with Crippen LogP contribution in [-0.4, -0.2) is 36.9 Å². The molecule has 36 heavy (non-hydrogen) atoms. The van der Waals surface area contributed by atoms with Gasteiger partial charge in [-0.3, -0.25) is 0 Å².